The third-order valence-electron chi connectivity index (χ3n) is 4.27. The Bertz CT molecular complexity index is 529. The third kappa shape index (κ3) is 2.60. The maximum absolute atomic E-state index is 12.7. The van der Waals surface area contributed by atoms with Crippen LogP contribution in [0.25, 0.3) is 0 Å². The molecule has 1 aliphatic heterocycles. The van der Waals surface area contributed by atoms with Gasteiger partial charge in [0.25, 0.3) is 5.91 Å². The Hall–Kier alpha value is -0.990. The summed E-state index contributed by atoms with van der Waals surface area (Å²) in [6.45, 7) is 5.01. The number of hydrogen-bond donors (Lipinski definition) is 1. The summed E-state index contributed by atoms with van der Waals surface area (Å²) in [4.78, 5) is 26.2. The predicted octanol–water partition coefficient (Wildman–Crippen LogP) is 0.245. The zero-order valence-electron chi connectivity index (χ0n) is 13.0. The fourth-order valence-electron chi connectivity index (χ4n) is 2.94. The SMILES string of the molecule is CCCCC1(S(N)(=O)=O)C(=O)N(CCOC)C(=O)C1(C)C. The van der Waals surface area contributed by atoms with Crippen LogP contribution >= 0.6 is 0 Å². The number of rotatable bonds is 7. The maximum Gasteiger partial charge on any atom is 0.253 e. The number of nitrogens with zero attached hydrogens (tertiary/aromatic N) is 1. The fraction of sp³-hybridized carbons (Fsp3) is 0.846. The molecule has 1 unspecified atom stereocenters. The standard InChI is InChI=1S/C13H24N2O5S/c1-5-6-7-13(21(14,18)19)11(17)15(8-9-20-4)10(16)12(13,2)3/h5-9H2,1-4H3,(H2,14,18,19). The smallest absolute Gasteiger partial charge is 0.253 e. The van der Waals surface area contributed by atoms with E-state index in [1.165, 1.54) is 21.0 Å². The minimum Gasteiger partial charge on any atom is -0.383 e. The van der Waals surface area contributed by atoms with Gasteiger partial charge in [0.2, 0.25) is 15.9 Å². The molecular weight excluding hydrogens is 296 g/mol. The molecule has 1 saturated heterocycles. The van der Waals surface area contributed by atoms with Gasteiger partial charge in [-0.2, -0.15) is 0 Å². The van der Waals surface area contributed by atoms with Crippen LogP contribution in [0, 0.1) is 5.41 Å². The summed E-state index contributed by atoms with van der Waals surface area (Å²) in [6.07, 6.45) is 1.24. The zero-order chi connectivity index (χ0) is 16.5. The number of ether oxygens (including phenoxy) is 1. The number of carbonyl (C=O) groups is 2. The molecule has 0 radical (unpaired) electrons. The lowest BCUT2D eigenvalue weighted by Gasteiger charge is -2.34. The largest absolute Gasteiger partial charge is 0.383 e. The van der Waals surface area contributed by atoms with Crippen molar-refractivity contribution in [1.82, 2.24) is 4.90 Å². The molecule has 2 N–H and O–H groups in total. The Morgan fingerprint density at radius 1 is 1.24 bits per heavy atom. The zero-order valence-corrected chi connectivity index (χ0v) is 13.8. The van der Waals surface area contributed by atoms with E-state index in [4.69, 9.17) is 9.88 Å². The number of imide groups is 1. The molecule has 1 heterocycles. The Morgan fingerprint density at radius 3 is 2.24 bits per heavy atom. The van der Waals surface area contributed by atoms with E-state index in [2.05, 4.69) is 0 Å². The van der Waals surface area contributed by atoms with Crippen LogP contribution in [0.2, 0.25) is 0 Å². The Morgan fingerprint density at radius 2 is 1.81 bits per heavy atom. The molecule has 0 aliphatic carbocycles. The quantitative estimate of drug-likeness (QED) is 0.676. The van der Waals surface area contributed by atoms with Crippen molar-refractivity contribution in [3.8, 4) is 0 Å². The summed E-state index contributed by atoms with van der Waals surface area (Å²) < 4.78 is 27.4. The van der Waals surface area contributed by atoms with E-state index < -0.39 is 32.0 Å². The highest BCUT2D eigenvalue weighted by molar-refractivity contribution is 7.91. The summed E-state index contributed by atoms with van der Waals surface area (Å²) in [5.41, 5.74) is -1.39. The number of amides is 2. The molecule has 0 aromatic carbocycles. The molecule has 0 saturated carbocycles. The van der Waals surface area contributed by atoms with Gasteiger partial charge in [-0.15, -0.1) is 0 Å². The molecular formula is C13H24N2O5S. The molecule has 1 rings (SSSR count). The second-order valence-corrected chi connectivity index (χ2v) is 7.64. The number of primary sulfonamides is 1. The van der Waals surface area contributed by atoms with Crippen LogP contribution in [0.15, 0.2) is 0 Å². The molecule has 0 aromatic heterocycles. The lowest BCUT2D eigenvalue weighted by Crippen LogP contribution is -2.57. The first kappa shape index (κ1) is 18.1. The van der Waals surface area contributed by atoms with E-state index in [0.29, 0.717) is 12.8 Å². The highest BCUT2D eigenvalue weighted by Crippen LogP contribution is 2.48. The van der Waals surface area contributed by atoms with Gasteiger partial charge < -0.3 is 4.74 Å². The highest BCUT2D eigenvalue weighted by atomic mass is 32.2. The molecule has 21 heavy (non-hydrogen) atoms. The van der Waals surface area contributed by atoms with Gasteiger partial charge in [-0.05, 0) is 20.3 Å². The topological polar surface area (TPSA) is 107 Å². The van der Waals surface area contributed by atoms with Crippen molar-refractivity contribution in [1.29, 1.82) is 0 Å². The second kappa shape index (κ2) is 6.02. The average Bonchev–Trinajstić information content (AvgIpc) is 2.51. The average molecular weight is 320 g/mol. The number of methoxy groups -OCH3 is 1. The number of likely N-dealkylation sites (tertiary alicyclic amines) is 1. The Balaban J connectivity index is 3.40. The summed E-state index contributed by atoms with van der Waals surface area (Å²) in [6, 6.07) is 0. The van der Waals surface area contributed by atoms with E-state index in [-0.39, 0.29) is 19.6 Å². The molecule has 1 atom stereocenters. The molecule has 1 fully saturated rings. The van der Waals surface area contributed by atoms with E-state index in [1.807, 2.05) is 6.92 Å². The Labute approximate surface area is 125 Å². The van der Waals surface area contributed by atoms with E-state index in [9.17, 15) is 18.0 Å². The van der Waals surface area contributed by atoms with Gasteiger partial charge in [0, 0.05) is 7.11 Å². The van der Waals surface area contributed by atoms with Crippen LogP contribution in [-0.4, -0.2) is 50.1 Å². The van der Waals surface area contributed by atoms with E-state index >= 15 is 0 Å². The first-order valence-electron chi connectivity index (χ1n) is 6.95. The summed E-state index contributed by atoms with van der Waals surface area (Å²) in [5.74, 6) is -1.25. The molecule has 1 aliphatic rings. The molecule has 2 amide bonds. The number of nitrogens with two attached hydrogens (primary N) is 1. The molecule has 0 bridgehead atoms. The van der Waals surface area contributed by atoms with Crippen LogP contribution in [0.1, 0.15) is 40.0 Å². The first-order chi connectivity index (χ1) is 9.57. The number of unbranched alkanes of at least 4 members (excludes halogenated alkanes) is 1. The van der Waals surface area contributed by atoms with Gasteiger partial charge in [0.05, 0.1) is 18.6 Å². The van der Waals surface area contributed by atoms with Crippen LogP contribution < -0.4 is 5.14 Å². The first-order valence-corrected chi connectivity index (χ1v) is 8.50. The number of sulfonamides is 1. The molecule has 0 spiro atoms. The lowest BCUT2D eigenvalue weighted by molar-refractivity contribution is -0.141. The number of hydrogen-bond acceptors (Lipinski definition) is 5. The van der Waals surface area contributed by atoms with Gasteiger partial charge >= 0.3 is 0 Å². The molecule has 0 aromatic rings. The second-order valence-electron chi connectivity index (χ2n) is 5.86. The summed E-state index contributed by atoms with van der Waals surface area (Å²) >= 11 is 0. The van der Waals surface area contributed by atoms with Crippen molar-refractivity contribution in [2.45, 2.75) is 44.8 Å². The third-order valence-corrected chi connectivity index (χ3v) is 6.13. The lowest BCUT2D eigenvalue weighted by atomic mass is 9.77. The maximum atomic E-state index is 12.7. The highest BCUT2D eigenvalue weighted by Gasteiger charge is 2.70. The van der Waals surface area contributed by atoms with Crippen LogP contribution in [-0.2, 0) is 24.3 Å². The normalized spacial score (nSPS) is 25.7. The molecule has 122 valence electrons. The van der Waals surface area contributed by atoms with Gasteiger partial charge in [-0.1, -0.05) is 19.8 Å². The fourth-order valence-corrected chi connectivity index (χ4v) is 4.52. The number of carbonyl (C=O) groups excluding carboxylic acids is 2. The van der Waals surface area contributed by atoms with Crippen molar-refractivity contribution in [3.05, 3.63) is 0 Å². The monoisotopic (exact) mass is 320 g/mol. The van der Waals surface area contributed by atoms with E-state index in [1.54, 1.807) is 0 Å². The van der Waals surface area contributed by atoms with Gasteiger partial charge in [-0.25, -0.2) is 13.6 Å². The molecule has 7 nitrogen and oxygen atoms in total. The van der Waals surface area contributed by atoms with Gasteiger partial charge in [-0.3, -0.25) is 14.5 Å². The summed E-state index contributed by atoms with van der Waals surface area (Å²) in [7, 11) is -2.79. The van der Waals surface area contributed by atoms with Crippen molar-refractivity contribution in [2.24, 2.45) is 10.6 Å². The van der Waals surface area contributed by atoms with Crippen LogP contribution in [0.3, 0.4) is 0 Å². The minimum atomic E-state index is -4.24. The van der Waals surface area contributed by atoms with Crippen LogP contribution in [0.4, 0.5) is 0 Å². The van der Waals surface area contributed by atoms with Crippen molar-refractivity contribution >= 4 is 21.8 Å². The van der Waals surface area contributed by atoms with Gasteiger partial charge in [0.1, 0.15) is 0 Å². The van der Waals surface area contributed by atoms with Crippen molar-refractivity contribution < 1.29 is 22.7 Å². The van der Waals surface area contributed by atoms with Gasteiger partial charge in [0.15, 0.2) is 4.75 Å². The van der Waals surface area contributed by atoms with Crippen molar-refractivity contribution in [2.75, 3.05) is 20.3 Å². The van der Waals surface area contributed by atoms with Crippen LogP contribution in [0.5, 0.6) is 0 Å². The van der Waals surface area contributed by atoms with Crippen molar-refractivity contribution in [3.63, 3.8) is 0 Å². The minimum absolute atomic E-state index is 0.0288. The van der Waals surface area contributed by atoms with E-state index in [0.717, 1.165) is 4.90 Å². The molecule has 8 heteroatoms. The predicted molar refractivity (Wildman–Crippen MR) is 77.7 cm³/mol. The Kier molecular flexibility index (Phi) is 5.18. The summed E-state index contributed by atoms with van der Waals surface area (Å²) in [5, 5.41) is 5.38.